The lowest BCUT2D eigenvalue weighted by Crippen LogP contribution is -2.24. The summed E-state index contributed by atoms with van der Waals surface area (Å²) in [4.78, 5) is 0. The molecule has 1 N–H and O–H groups in total. The van der Waals surface area contributed by atoms with Crippen molar-refractivity contribution in [1.82, 2.24) is 0 Å². The van der Waals surface area contributed by atoms with Crippen molar-refractivity contribution in [3.05, 3.63) is 0 Å². The molecule has 0 aromatic carbocycles. The summed E-state index contributed by atoms with van der Waals surface area (Å²) in [6.45, 7) is 0. The number of aliphatic hydroxyl groups excluding tert-OH is 1. The van der Waals surface area contributed by atoms with Crippen molar-refractivity contribution in [2.45, 2.75) is 31.8 Å². The van der Waals surface area contributed by atoms with Gasteiger partial charge in [-0.05, 0) is 31.6 Å². The van der Waals surface area contributed by atoms with Crippen LogP contribution >= 0.6 is 0 Å². The average Bonchev–Trinajstić information content (AvgIpc) is 2.46. The van der Waals surface area contributed by atoms with E-state index >= 15 is 0 Å². The molecule has 54 valence electrons. The summed E-state index contributed by atoms with van der Waals surface area (Å²) in [7, 11) is 0. The van der Waals surface area contributed by atoms with Crippen molar-refractivity contribution < 1.29 is 5.11 Å². The third-order valence-electron chi connectivity index (χ3n) is 3.16. The number of fused-ring (bicyclic) bond motifs is 2. The minimum absolute atomic E-state index is 0.308. The van der Waals surface area contributed by atoms with E-state index in [1.165, 1.54) is 0 Å². The summed E-state index contributed by atoms with van der Waals surface area (Å²) in [5.74, 6) is 0.444. The third kappa shape index (κ3) is 0.518. The molecule has 0 aliphatic heterocycles. The Kier molecular flexibility index (Phi) is 1.07. The molecule has 2 rings (SSSR count). The van der Waals surface area contributed by atoms with E-state index in [4.69, 9.17) is 5.26 Å². The second kappa shape index (κ2) is 1.73. The van der Waals surface area contributed by atoms with Crippen molar-refractivity contribution in [3.63, 3.8) is 0 Å². The van der Waals surface area contributed by atoms with Gasteiger partial charge in [0, 0.05) is 0 Å². The van der Waals surface area contributed by atoms with Crippen molar-refractivity contribution in [2.24, 2.45) is 11.3 Å². The lowest BCUT2D eigenvalue weighted by Gasteiger charge is -2.18. The zero-order valence-corrected chi connectivity index (χ0v) is 5.88. The van der Waals surface area contributed by atoms with Gasteiger partial charge in [0.1, 0.15) is 0 Å². The van der Waals surface area contributed by atoms with E-state index in [9.17, 15) is 5.11 Å². The zero-order valence-electron chi connectivity index (χ0n) is 5.88. The maximum absolute atomic E-state index is 9.56. The van der Waals surface area contributed by atoms with E-state index in [0.717, 1.165) is 25.7 Å². The minimum Gasteiger partial charge on any atom is -0.391 e. The molecule has 1 unspecified atom stereocenters. The van der Waals surface area contributed by atoms with Gasteiger partial charge in [-0.15, -0.1) is 0 Å². The summed E-state index contributed by atoms with van der Waals surface area (Å²) in [6, 6.07) is 2.27. The Balaban J connectivity index is 2.32. The lowest BCUT2D eigenvalue weighted by atomic mass is 9.85. The second-order valence-electron chi connectivity index (χ2n) is 3.55. The molecule has 0 spiro atoms. The monoisotopic (exact) mass is 137 g/mol. The average molecular weight is 137 g/mol. The molecule has 2 nitrogen and oxygen atoms in total. The Morgan fingerprint density at radius 3 is 2.20 bits per heavy atom. The Morgan fingerprint density at radius 1 is 1.40 bits per heavy atom. The van der Waals surface area contributed by atoms with Crippen LogP contribution in [0.3, 0.4) is 0 Å². The molecule has 0 aromatic rings. The van der Waals surface area contributed by atoms with Crippen molar-refractivity contribution in [3.8, 4) is 6.07 Å². The van der Waals surface area contributed by atoms with E-state index in [1.54, 1.807) is 0 Å². The van der Waals surface area contributed by atoms with Gasteiger partial charge in [0.05, 0.1) is 17.6 Å². The van der Waals surface area contributed by atoms with Crippen molar-refractivity contribution in [1.29, 1.82) is 5.26 Å². The van der Waals surface area contributed by atoms with E-state index in [2.05, 4.69) is 6.07 Å². The molecule has 0 amide bonds. The lowest BCUT2D eigenvalue weighted by molar-refractivity contribution is 0.0967. The van der Waals surface area contributed by atoms with E-state index < -0.39 is 0 Å². The number of aliphatic hydroxyl groups is 1. The first-order chi connectivity index (χ1) is 4.78. The maximum Gasteiger partial charge on any atom is 0.0835 e. The summed E-state index contributed by atoms with van der Waals surface area (Å²) < 4.78 is 0. The molecule has 2 bridgehead atoms. The number of hydrogen-bond acceptors (Lipinski definition) is 2. The summed E-state index contributed by atoms with van der Waals surface area (Å²) in [5, 5.41) is 18.4. The molecule has 0 aromatic heterocycles. The van der Waals surface area contributed by atoms with Gasteiger partial charge in [-0.1, -0.05) is 0 Å². The normalized spacial score (nSPS) is 51.2. The van der Waals surface area contributed by atoms with E-state index in [0.29, 0.717) is 5.92 Å². The number of nitrogens with zero attached hydrogens (tertiary/aromatic N) is 1. The first-order valence-corrected chi connectivity index (χ1v) is 3.88. The molecule has 0 heterocycles. The molecular formula is C8H11NO. The number of hydrogen-bond donors (Lipinski definition) is 1. The topological polar surface area (TPSA) is 44.0 Å². The quantitative estimate of drug-likeness (QED) is 0.542. The van der Waals surface area contributed by atoms with E-state index in [-0.39, 0.29) is 11.5 Å². The molecule has 2 saturated carbocycles. The highest BCUT2D eigenvalue weighted by Crippen LogP contribution is 2.53. The van der Waals surface area contributed by atoms with Gasteiger partial charge in [0.25, 0.3) is 0 Å². The van der Waals surface area contributed by atoms with Gasteiger partial charge in [0.15, 0.2) is 0 Å². The van der Waals surface area contributed by atoms with Gasteiger partial charge >= 0.3 is 0 Å². The third-order valence-corrected chi connectivity index (χ3v) is 3.16. The number of rotatable bonds is 0. The molecule has 2 aliphatic carbocycles. The molecule has 10 heavy (non-hydrogen) atoms. The Hall–Kier alpha value is -0.550. The van der Waals surface area contributed by atoms with Crippen LogP contribution in [0.5, 0.6) is 0 Å². The smallest absolute Gasteiger partial charge is 0.0835 e. The molecule has 1 atom stereocenters. The largest absolute Gasteiger partial charge is 0.391 e. The molecule has 0 saturated heterocycles. The molecule has 2 fully saturated rings. The predicted molar refractivity (Wildman–Crippen MR) is 36.0 cm³/mol. The summed E-state index contributed by atoms with van der Waals surface area (Å²) in [6.07, 6.45) is 3.67. The molecule has 2 heteroatoms. The first-order valence-electron chi connectivity index (χ1n) is 3.88. The summed E-state index contributed by atoms with van der Waals surface area (Å²) >= 11 is 0. The van der Waals surface area contributed by atoms with E-state index in [1.807, 2.05) is 0 Å². The highest BCUT2D eigenvalue weighted by atomic mass is 16.3. The van der Waals surface area contributed by atoms with Crippen LogP contribution in [0.25, 0.3) is 0 Å². The van der Waals surface area contributed by atoms with Gasteiger partial charge < -0.3 is 5.11 Å². The van der Waals surface area contributed by atoms with Crippen LogP contribution in [0.1, 0.15) is 25.7 Å². The van der Waals surface area contributed by atoms with Crippen molar-refractivity contribution >= 4 is 0 Å². The van der Waals surface area contributed by atoms with Gasteiger partial charge in [-0.2, -0.15) is 5.26 Å². The van der Waals surface area contributed by atoms with Gasteiger partial charge in [-0.3, -0.25) is 0 Å². The fraction of sp³-hybridized carbons (Fsp3) is 0.875. The highest BCUT2D eigenvalue weighted by Gasteiger charge is 2.53. The van der Waals surface area contributed by atoms with Crippen LogP contribution in [0.4, 0.5) is 0 Å². The van der Waals surface area contributed by atoms with Crippen LogP contribution in [-0.2, 0) is 0 Å². The van der Waals surface area contributed by atoms with Crippen LogP contribution in [0, 0.1) is 22.7 Å². The standard InChI is InChI=1S/C8H11NO/c9-5-8-3-1-6(2-4-8)7(8)10/h6-7,10H,1-4H2. The predicted octanol–water partition coefficient (Wildman–Crippen LogP) is 1.06. The minimum atomic E-state index is -0.329. The number of nitriles is 1. The van der Waals surface area contributed by atoms with Crippen LogP contribution in [0.15, 0.2) is 0 Å². The molecule has 2 aliphatic rings. The Morgan fingerprint density at radius 2 is 2.00 bits per heavy atom. The van der Waals surface area contributed by atoms with Crippen LogP contribution in [0.2, 0.25) is 0 Å². The zero-order chi connectivity index (χ0) is 7.19. The highest BCUT2D eigenvalue weighted by molar-refractivity contribution is 5.14. The Labute approximate surface area is 60.5 Å². The van der Waals surface area contributed by atoms with Crippen LogP contribution in [-0.4, -0.2) is 11.2 Å². The SMILES string of the molecule is N#CC12CCC(CC1)C2O. The Bertz CT molecular complexity index is 186. The first kappa shape index (κ1) is 6.18. The fourth-order valence-corrected chi connectivity index (χ4v) is 2.40. The maximum atomic E-state index is 9.56. The van der Waals surface area contributed by atoms with Gasteiger partial charge in [-0.25, -0.2) is 0 Å². The van der Waals surface area contributed by atoms with Crippen LogP contribution < -0.4 is 0 Å². The van der Waals surface area contributed by atoms with Crippen molar-refractivity contribution in [2.75, 3.05) is 0 Å². The van der Waals surface area contributed by atoms with Gasteiger partial charge in [0.2, 0.25) is 0 Å². The molecular weight excluding hydrogens is 126 g/mol. The second-order valence-corrected chi connectivity index (χ2v) is 3.55. The molecule has 0 radical (unpaired) electrons. The summed E-state index contributed by atoms with van der Waals surface area (Å²) in [5.41, 5.74) is -0.329. The fourth-order valence-electron chi connectivity index (χ4n) is 2.40.